The molecule has 0 aromatic heterocycles. The first-order valence-electron chi connectivity index (χ1n) is 9.54. The van der Waals surface area contributed by atoms with Crippen LogP contribution in [0.2, 0.25) is 0 Å². The van der Waals surface area contributed by atoms with Crippen LogP contribution in [0, 0.1) is 5.92 Å². The molecule has 27 heavy (non-hydrogen) atoms. The van der Waals surface area contributed by atoms with Gasteiger partial charge in [-0.05, 0) is 67.6 Å². The molecule has 0 aliphatic carbocycles. The van der Waals surface area contributed by atoms with Crippen LogP contribution >= 0.6 is 15.9 Å². The molecular formula is C22H27BrN2O2. The topological polar surface area (TPSA) is 41.6 Å². The third-order valence-electron chi connectivity index (χ3n) is 5.10. The molecule has 144 valence electrons. The van der Waals surface area contributed by atoms with Gasteiger partial charge in [-0.15, -0.1) is 0 Å². The van der Waals surface area contributed by atoms with Crippen LogP contribution in [0.25, 0.3) is 0 Å². The Kier molecular flexibility index (Phi) is 6.78. The molecule has 1 amide bonds. The van der Waals surface area contributed by atoms with Crippen molar-refractivity contribution in [3.8, 4) is 5.75 Å². The number of carbonyl (C=O) groups is 1. The van der Waals surface area contributed by atoms with Gasteiger partial charge in [-0.25, -0.2) is 0 Å². The Bertz CT molecular complexity index is 738. The van der Waals surface area contributed by atoms with E-state index in [-0.39, 0.29) is 18.6 Å². The van der Waals surface area contributed by atoms with Crippen LogP contribution in [0.3, 0.4) is 0 Å². The number of anilines is 1. The second-order valence-electron chi connectivity index (χ2n) is 7.29. The monoisotopic (exact) mass is 430 g/mol. The lowest BCUT2D eigenvalue weighted by atomic mass is 9.98. The van der Waals surface area contributed by atoms with E-state index in [1.807, 2.05) is 31.2 Å². The maximum absolute atomic E-state index is 12.2. The van der Waals surface area contributed by atoms with Crippen LogP contribution in [0.15, 0.2) is 53.0 Å². The maximum Gasteiger partial charge on any atom is 0.258 e. The predicted octanol–water partition coefficient (Wildman–Crippen LogP) is 4.94. The van der Waals surface area contributed by atoms with Crippen molar-refractivity contribution < 1.29 is 9.53 Å². The molecular weight excluding hydrogens is 404 g/mol. The summed E-state index contributed by atoms with van der Waals surface area (Å²) in [6.45, 7) is 6.58. The largest absolute Gasteiger partial charge is 0.484 e. The van der Waals surface area contributed by atoms with Gasteiger partial charge in [0.15, 0.2) is 6.61 Å². The van der Waals surface area contributed by atoms with Crippen molar-refractivity contribution >= 4 is 27.5 Å². The van der Waals surface area contributed by atoms with E-state index >= 15 is 0 Å². The molecule has 1 saturated heterocycles. The second-order valence-corrected chi connectivity index (χ2v) is 8.21. The molecule has 1 N–H and O–H groups in total. The van der Waals surface area contributed by atoms with E-state index in [1.165, 1.54) is 18.5 Å². The van der Waals surface area contributed by atoms with Crippen molar-refractivity contribution in [2.45, 2.75) is 32.7 Å². The van der Waals surface area contributed by atoms with Crippen LogP contribution in [0.4, 0.5) is 5.69 Å². The summed E-state index contributed by atoms with van der Waals surface area (Å²) in [5.74, 6) is 1.39. The Morgan fingerprint density at radius 1 is 1.15 bits per heavy atom. The van der Waals surface area contributed by atoms with Crippen molar-refractivity contribution in [2.24, 2.45) is 5.92 Å². The Hall–Kier alpha value is -2.01. The van der Waals surface area contributed by atoms with E-state index in [1.54, 1.807) is 0 Å². The summed E-state index contributed by atoms with van der Waals surface area (Å²) in [4.78, 5) is 14.6. The number of piperidine rings is 1. The minimum absolute atomic E-state index is 0.00994. The molecule has 1 aliphatic heterocycles. The van der Waals surface area contributed by atoms with Crippen LogP contribution in [0.1, 0.15) is 38.3 Å². The Labute approximate surface area is 170 Å². The highest BCUT2D eigenvalue weighted by molar-refractivity contribution is 9.10. The van der Waals surface area contributed by atoms with Gasteiger partial charge in [0.2, 0.25) is 0 Å². The summed E-state index contributed by atoms with van der Waals surface area (Å²) in [6, 6.07) is 15.9. The maximum atomic E-state index is 12.2. The standard InChI is InChI=1S/C22H27BrN2O2/c1-16-11-13-25(14-12-16)20-7-3-18(4-8-20)17(2)24-22(26)15-27-21-9-5-19(23)6-10-21/h3-10,16-17H,11-15H2,1-2H3,(H,24,26)/t17-/m0/s1. The first kappa shape index (κ1) is 19.7. The first-order chi connectivity index (χ1) is 13.0. The number of halogens is 1. The molecule has 1 fully saturated rings. The number of hydrogen-bond donors (Lipinski definition) is 1. The van der Waals surface area contributed by atoms with Crippen LogP contribution < -0.4 is 15.0 Å². The molecule has 1 atom stereocenters. The molecule has 0 bridgehead atoms. The average Bonchev–Trinajstić information content (AvgIpc) is 2.68. The minimum atomic E-state index is -0.125. The van der Waals surface area contributed by atoms with Crippen molar-refractivity contribution in [1.82, 2.24) is 5.32 Å². The normalized spacial score (nSPS) is 16.0. The van der Waals surface area contributed by atoms with Crippen LogP contribution in [0.5, 0.6) is 5.75 Å². The first-order valence-corrected chi connectivity index (χ1v) is 10.3. The zero-order valence-electron chi connectivity index (χ0n) is 16.0. The van der Waals surface area contributed by atoms with E-state index in [4.69, 9.17) is 4.74 Å². The fraction of sp³-hybridized carbons (Fsp3) is 0.409. The quantitative estimate of drug-likeness (QED) is 0.705. The molecule has 4 nitrogen and oxygen atoms in total. The lowest BCUT2D eigenvalue weighted by molar-refractivity contribution is -0.123. The fourth-order valence-electron chi connectivity index (χ4n) is 3.29. The summed E-state index contributed by atoms with van der Waals surface area (Å²) in [6.07, 6.45) is 2.51. The van der Waals surface area contributed by atoms with Crippen molar-refractivity contribution in [1.29, 1.82) is 0 Å². The predicted molar refractivity (Wildman–Crippen MR) is 113 cm³/mol. The second kappa shape index (κ2) is 9.27. The fourth-order valence-corrected chi connectivity index (χ4v) is 3.55. The van der Waals surface area contributed by atoms with E-state index in [0.29, 0.717) is 5.75 Å². The van der Waals surface area contributed by atoms with Crippen LogP contribution in [-0.4, -0.2) is 25.6 Å². The molecule has 0 spiro atoms. The van der Waals surface area contributed by atoms with E-state index in [9.17, 15) is 4.79 Å². The highest BCUT2D eigenvalue weighted by Crippen LogP contribution is 2.24. The Morgan fingerprint density at radius 3 is 2.41 bits per heavy atom. The van der Waals surface area contributed by atoms with Gasteiger partial charge in [0.1, 0.15) is 5.75 Å². The number of hydrogen-bond acceptors (Lipinski definition) is 3. The molecule has 0 radical (unpaired) electrons. The minimum Gasteiger partial charge on any atom is -0.484 e. The summed E-state index contributed by atoms with van der Waals surface area (Å²) >= 11 is 3.38. The van der Waals surface area contributed by atoms with E-state index in [0.717, 1.165) is 29.0 Å². The zero-order valence-corrected chi connectivity index (χ0v) is 17.5. The highest BCUT2D eigenvalue weighted by Gasteiger charge is 2.16. The number of benzene rings is 2. The Balaban J connectivity index is 1.49. The number of nitrogens with one attached hydrogen (secondary N) is 1. The molecule has 2 aromatic carbocycles. The number of amides is 1. The smallest absolute Gasteiger partial charge is 0.258 e. The van der Waals surface area contributed by atoms with E-state index in [2.05, 4.69) is 57.3 Å². The SMILES string of the molecule is CC1CCN(c2ccc([C@H](C)NC(=O)COc3ccc(Br)cc3)cc2)CC1. The van der Waals surface area contributed by atoms with Gasteiger partial charge >= 0.3 is 0 Å². The van der Waals surface area contributed by atoms with Gasteiger partial charge in [-0.1, -0.05) is 35.0 Å². The Morgan fingerprint density at radius 2 is 1.78 bits per heavy atom. The van der Waals surface area contributed by atoms with Gasteiger partial charge in [-0.2, -0.15) is 0 Å². The summed E-state index contributed by atoms with van der Waals surface area (Å²) < 4.78 is 6.51. The molecule has 0 saturated carbocycles. The number of nitrogens with zero attached hydrogens (tertiary/aromatic N) is 1. The van der Waals surface area contributed by atoms with E-state index < -0.39 is 0 Å². The lowest BCUT2D eigenvalue weighted by Gasteiger charge is -2.32. The van der Waals surface area contributed by atoms with Crippen molar-refractivity contribution in [2.75, 3.05) is 24.6 Å². The third kappa shape index (κ3) is 5.73. The van der Waals surface area contributed by atoms with Gasteiger partial charge in [0, 0.05) is 23.2 Å². The summed E-state index contributed by atoms with van der Waals surface area (Å²) in [5.41, 5.74) is 2.36. The number of ether oxygens (including phenoxy) is 1. The van der Waals surface area contributed by atoms with Crippen molar-refractivity contribution in [3.05, 3.63) is 58.6 Å². The van der Waals surface area contributed by atoms with Crippen LogP contribution in [-0.2, 0) is 4.79 Å². The van der Waals surface area contributed by atoms with Crippen molar-refractivity contribution in [3.63, 3.8) is 0 Å². The van der Waals surface area contributed by atoms with Gasteiger partial charge in [0.25, 0.3) is 5.91 Å². The summed E-state index contributed by atoms with van der Waals surface area (Å²) in [7, 11) is 0. The van der Waals surface area contributed by atoms with Gasteiger partial charge < -0.3 is 15.0 Å². The molecule has 2 aromatic rings. The lowest BCUT2D eigenvalue weighted by Crippen LogP contribution is -2.33. The third-order valence-corrected chi connectivity index (χ3v) is 5.63. The molecule has 5 heteroatoms. The number of carbonyl (C=O) groups excluding carboxylic acids is 1. The number of rotatable bonds is 6. The molecule has 1 aliphatic rings. The zero-order chi connectivity index (χ0) is 19.2. The molecule has 0 unspecified atom stereocenters. The molecule has 1 heterocycles. The average molecular weight is 431 g/mol. The highest BCUT2D eigenvalue weighted by atomic mass is 79.9. The summed E-state index contributed by atoms with van der Waals surface area (Å²) in [5, 5.41) is 3.00. The molecule has 3 rings (SSSR count). The van der Waals surface area contributed by atoms with Gasteiger partial charge in [0.05, 0.1) is 6.04 Å². The van der Waals surface area contributed by atoms with Gasteiger partial charge in [-0.3, -0.25) is 4.79 Å².